The first-order valence-electron chi connectivity index (χ1n) is 6.48. The number of imide groups is 1. The topological polar surface area (TPSA) is 40.6 Å². The van der Waals surface area contributed by atoms with Crippen LogP contribution in [0.3, 0.4) is 0 Å². The lowest BCUT2D eigenvalue weighted by atomic mass is 9.93. The zero-order chi connectivity index (χ0) is 13.6. The third kappa shape index (κ3) is 2.00. The lowest BCUT2D eigenvalue weighted by molar-refractivity contribution is -0.120. The minimum atomic E-state index is -0.296. The molecule has 0 N–H and O–H groups in total. The largest absolute Gasteiger partial charge is 0.332 e. The number of piperidine rings is 1. The molecule has 2 aliphatic heterocycles. The van der Waals surface area contributed by atoms with E-state index >= 15 is 0 Å². The maximum atomic E-state index is 12.4. The number of amides is 3. The number of benzene rings is 1. The highest BCUT2D eigenvalue weighted by Gasteiger charge is 2.47. The van der Waals surface area contributed by atoms with Gasteiger partial charge in [0.2, 0.25) is 0 Å². The molecule has 0 spiro atoms. The molecule has 4 nitrogen and oxygen atoms in total. The number of halogens is 1. The molecule has 0 aromatic heterocycles. The monoisotopic (exact) mass is 278 g/mol. The van der Waals surface area contributed by atoms with Crippen molar-refractivity contribution in [3.8, 4) is 0 Å². The Morgan fingerprint density at radius 1 is 1.32 bits per heavy atom. The van der Waals surface area contributed by atoms with Crippen LogP contribution in [0.5, 0.6) is 0 Å². The van der Waals surface area contributed by atoms with Crippen molar-refractivity contribution >= 4 is 29.2 Å². The molecule has 2 heterocycles. The van der Waals surface area contributed by atoms with E-state index in [-0.39, 0.29) is 18.0 Å². The normalized spacial score (nSPS) is 26.8. The molecule has 2 saturated heterocycles. The molecule has 2 unspecified atom stereocenters. The van der Waals surface area contributed by atoms with Crippen molar-refractivity contribution in [3.63, 3.8) is 0 Å². The van der Waals surface area contributed by atoms with Crippen molar-refractivity contribution < 1.29 is 9.59 Å². The van der Waals surface area contributed by atoms with Gasteiger partial charge in [-0.3, -0.25) is 4.79 Å². The van der Waals surface area contributed by atoms with Crippen molar-refractivity contribution in [2.45, 2.75) is 25.8 Å². The Morgan fingerprint density at radius 2 is 2.11 bits per heavy atom. The fraction of sp³-hybridized carbons (Fsp3) is 0.429. The predicted molar refractivity (Wildman–Crippen MR) is 73.2 cm³/mol. The van der Waals surface area contributed by atoms with Crippen LogP contribution in [0, 0.1) is 5.92 Å². The Kier molecular flexibility index (Phi) is 2.97. The third-order valence-electron chi connectivity index (χ3n) is 3.87. The molecule has 2 atom stereocenters. The molecule has 0 saturated carbocycles. The van der Waals surface area contributed by atoms with E-state index in [4.69, 9.17) is 11.6 Å². The summed E-state index contributed by atoms with van der Waals surface area (Å²) in [5.41, 5.74) is 0.560. The van der Waals surface area contributed by atoms with Crippen LogP contribution < -0.4 is 4.90 Å². The van der Waals surface area contributed by atoms with E-state index in [2.05, 4.69) is 6.92 Å². The average Bonchev–Trinajstić information content (AvgIpc) is 2.61. The van der Waals surface area contributed by atoms with E-state index in [9.17, 15) is 9.59 Å². The number of carbonyl (C=O) groups is 2. The summed E-state index contributed by atoms with van der Waals surface area (Å²) < 4.78 is 0. The van der Waals surface area contributed by atoms with Crippen LogP contribution in [0.2, 0.25) is 5.02 Å². The maximum absolute atomic E-state index is 12.4. The first-order valence-corrected chi connectivity index (χ1v) is 6.86. The van der Waals surface area contributed by atoms with Gasteiger partial charge in [-0.25, -0.2) is 9.69 Å². The van der Waals surface area contributed by atoms with E-state index in [0.29, 0.717) is 23.2 Å². The molecule has 0 radical (unpaired) electrons. The van der Waals surface area contributed by atoms with E-state index in [1.165, 1.54) is 4.90 Å². The summed E-state index contributed by atoms with van der Waals surface area (Å²) in [6, 6.07) is 6.35. The summed E-state index contributed by atoms with van der Waals surface area (Å²) in [5.74, 6) is 0.358. The molecular formula is C14H15ClN2O2. The van der Waals surface area contributed by atoms with Crippen LogP contribution >= 0.6 is 11.6 Å². The quantitative estimate of drug-likeness (QED) is 0.741. The predicted octanol–water partition coefficient (Wildman–Crippen LogP) is 2.91. The fourth-order valence-electron chi connectivity index (χ4n) is 2.83. The zero-order valence-electron chi connectivity index (χ0n) is 10.7. The van der Waals surface area contributed by atoms with Crippen molar-refractivity contribution in [3.05, 3.63) is 29.3 Å². The molecule has 1 aromatic rings. The van der Waals surface area contributed by atoms with Crippen LogP contribution in [0.4, 0.5) is 10.5 Å². The van der Waals surface area contributed by atoms with Gasteiger partial charge in [-0.2, -0.15) is 0 Å². The Balaban J connectivity index is 1.95. The highest BCUT2D eigenvalue weighted by Crippen LogP contribution is 2.33. The molecule has 1 aromatic carbocycles. The van der Waals surface area contributed by atoms with Gasteiger partial charge in [-0.1, -0.05) is 24.6 Å². The van der Waals surface area contributed by atoms with E-state index in [1.807, 2.05) is 0 Å². The standard InChI is InChI=1S/C14H15ClN2O2/c1-9-5-6-16-12(7-9)13(18)17(14(16)19)11-4-2-3-10(15)8-11/h2-4,8-9,12H,5-7H2,1H3. The second-order valence-electron chi connectivity index (χ2n) is 5.27. The SMILES string of the molecule is CC1CCN2C(=O)N(c3cccc(Cl)c3)C(=O)C2C1. The summed E-state index contributed by atoms with van der Waals surface area (Å²) in [6.07, 6.45) is 1.71. The van der Waals surface area contributed by atoms with Gasteiger partial charge in [0, 0.05) is 11.6 Å². The Hall–Kier alpha value is -1.55. The van der Waals surface area contributed by atoms with Gasteiger partial charge in [0.1, 0.15) is 6.04 Å². The maximum Gasteiger partial charge on any atom is 0.332 e. The molecule has 100 valence electrons. The Labute approximate surface area is 116 Å². The lowest BCUT2D eigenvalue weighted by Gasteiger charge is -2.30. The number of fused-ring (bicyclic) bond motifs is 1. The summed E-state index contributed by atoms with van der Waals surface area (Å²) >= 11 is 5.93. The van der Waals surface area contributed by atoms with Crippen LogP contribution in [-0.2, 0) is 4.79 Å². The van der Waals surface area contributed by atoms with Crippen molar-refractivity contribution in [1.82, 2.24) is 4.90 Å². The minimum Gasteiger partial charge on any atom is -0.312 e. The molecule has 3 amide bonds. The molecule has 3 rings (SSSR count). The van der Waals surface area contributed by atoms with Crippen molar-refractivity contribution in [1.29, 1.82) is 0 Å². The number of urea groups is 1. The van der Waals surface area contributed by atoms with Crippen LogP contribution in [0.15, 0.2) is 24.3 Å². The molecule has 2 fully saturated rings. The van der Waals surface area contributed by atoms with Crippen LogP contribution in [0.1, 0.15) is 19.8 Å². The third-order valence-corrected chi connectivity index (χ3v) is 4.11. The highest BCUT2D eigenvalue weighted by molar-refractivity contribution is 6.31. The molecule has 5 heteroatoms. The summed E-state index contributed by atoms with van der Waals surface area (Å²) in [7, 11) is 0. The minimum absolute atomic E-state index is 0.126. The molecule has 0 bridgehead atoms. The van der Waals surface area contributed by atoms with E-state index in [0.717, 1.165) is 12.8 Å². The number of nitrogens with zero attached hydrogens (tertiary/aromatic N) is 2. The van der Waals surface area contributed by atoms with Gasteiger partial charge < -0.3 is 4.90 Å². The van der Waals surface area contributed by atoms with Gasteiger partial charge in [0.25, 0.3) is 5.91 Å². The van der Waals surface area contributed by atoms with Gasteiger partial charge in [-0.15, -0.1) is 0 Å². The van der Waals surface area contributed by atoms with Crippen molar-refractivity contribution in [2.24, 2.45) is 5.92 Å². The number of hydrogen-bond donors (Lipinski definition) is 0. The van der Waals surface area contributed by atoms with Gasteiger partial charge >= 0.3 is 6.03 Å². The Morgan fingerprint density at radius 3 is 2.84 bits per heavy atom. The summed E-state index contributed by atoms with van der Waals surface area (Å²) in [6.45, 7) is 2.78. The smallest absolute Gasteiger partial charge is 0.312 e. The van der Waals surface area contributed by atoms with E-state index in [1.54, 1.807) is 29.2 Å². The molecule has 19 heavy (non-hydrogen) atoms. The lowest BCUT2D eigenvalue weighted by Crippen LogP contribution is -2.41. The van der Waals surface area contributed by atoms with Gasteiger partial charge in [0.05, 0.1) is 5.69 Å². The first kappa shape index (κ1) is 12.5. The fourth-order valence-corrected chi connectivity index (χ4v) is 3.01. The Bertz CT molecular complexity index is 546. The van der Waals surface area contributed by atoms with Gasteiger partial charge in [-0.05, 0) is 37.0 Å². The number of anilines is 1. The second kappa shape index (κ2) is 4.53. The number of carbonyl (C=O) groups excluding carboxylic acids is 2. The van der Waals surface area contributed by atoms with Crippen LogP contribution in [0.25, 0.3) is 0 Å². The average molecular weight is 279 g/mol. The molecular weight excluding hydrogens is 264 g/mol. The van der Waals surface area contributed by atoms with Crippen LogP contribution in [-0.4, -0.2) is 29.4 Å². The summed E-state index contributed by atoms with van der Waals surface area (Å²) in [5, 5.41) is 0.524. The van der Waals surface area contributed by atoms with E-state index < -0.39 is 0 Å². The molecule has 0 aliphatic carbocycles. The summed E-state index contributed by atoms with van der Waals surface area (Å²) in [4.78, 5) is 27.7. The van der Waals surface area contributed by atoms with Crippen molar-refractivity contribution in [2.75, 3.05) is 11.4 Å². The highest BCUT2D eigenvalue weighted by atomic mass is 35.5. The number of rotatable bonds is 1. The zero-order valence-corrected chi connectivity index (χ0v) is 11.4. The molecule has 2 aliphatic rings. The second-order valence-corrected chi connectivity index (χ2v) is 5.71. The van der Waals surface area contributed by atoms with Gasteiger partial charge in [0.15, 0.2) is 0 Å². The number of hydrogen-bond acceptors (Lipinski definition) is 2. The first-order chi connectivity index (χ1) is 9.08.